The quantitative estimate of drug-likeness (QED) is 0.834. The Morgan fingerprint density at radius 1 is 1.17 bits per heavy atom. The molecule has 0 atom stereocenters. The summed E-state index contributed by atoms with van der Waals surface area (Å²) in [6.07, 6.45) is 1.41. The smallest absolute Gasteiger partial charge is 0.341 e. The number of H-pyrrole nitrogens is 1. The number of piperidine rings is 1. The molecular formula is C15H14N2O6S. The summed E-state index contributed by atoms with van der Waals surface area (Å²) in [5, 5.41) is 8.99. The zero-order chi connectivity index (χ0) is 17.5. The van der Waals surface area contributed by atoms with Crippen molar-refractivity contribution in [1.82, 2.24) is 9.29 Å². The number of nitrogens with one attached hydrogen (secondary N) is 1. The molecule has 0 saturated carbocycles. The van der Waals surface area contributed by atoms with E-state index in [-0.39, 0.29) is 42.0 Å². The van der Waals surface area contributed by atoms with Crippen LogP contribution in [0, 0.1) is 0 Å². The lowest BCUT2D eigenvalue weighted by Crippen LogP contribution is -2.38. The number of aromatic nitrogens is 1. The molecule has 0 unspecified atom stereocenters. The Morgan fingerprint density at radius 2 is 1.83 bits per heavy atom. The average Bonchev–Trinajstić information content (AvgIpc) is 2.55. The number of fused-ring (bicyclic) bond motifs is 1. The highest BCUT2D eigenvalue weighted by molar-refractivity contribution is 7.89. The Balaban J connectivity index is 2.10. The standard InChI is InChI=1S/C15H14N2O6S/c18-9-3-5-17(6-4-9)24(22,23)10-1-2-13-11(7-10)14(19)12(8-16-13)15(20)21/h1-2,7-8H,3-6H2,(H,16,19)(H,20,21). The number of carboxylic acid groups (broad SMARTS) is 1. The summed E-state index contributed by atoms with van der Waals surface area (Å²) >= 11 is 0. The first-order valence-electron chi connectivity index (χ1n) is 7.21. The third-order valence-electron chi connectivity index (χ3n) is 4.00. The zero-order valence-electron chi connectivity index (χ0n) is 12.5. The van der Waals surface area contributed by atoms with Crippen molar-refractivity contribution in [2.45, 2.75) is 17.7 Å². The van der Waals surface area contributed by atoms with Crippen molar-refractivity contribution in [1.29, 1.82) is 0 Å². The lowest BCUT2D eigenvalue weighted by molar-refractivity contribution is -0.120. The maximum atomic E-state index is 12.7. The second-order valence-corrected chi connectivity index (χ2v) is 7.42. The van der Waals surface area contributed by atoms with Gasteiger partial charge in [-0.2, -0.15) is 4.31 Å². The van der Waals surface area contributed by atoms with Gasteiger partial charge in [-0.25, -0.2) is 13.2 Å². The van der Waals surface area contributed by atoms with Crippen molar-refractivity contribution in [3.05, 3.63) is 40.2 Å². The van der Waals surface area contributed by atoms with Crippen molar-refractivity contribution in [2.75, 3.05) is 13.1 Å². The van der Waals surface area contributed by atoms with E-state index in [0.29, 0.717) is 5.52 Å². The highest BCUT2D eigenvalue weighted by Crippen LogP contribution is 2.22. The molecule has 0 radical (unpaired) electrons. The zero-order valence-corrected chi connectivity index (χ0v) is 13.3. The summed E-state index contributed by atoms with van der Waals surface area (Å²) in [6, 6.07) is 3.95. The first-order chi connectivity index (χ1) is 11.3. The highest BCUT2D eigenvalue weighted by atomic mass is 32.2. The number of carboxylic acids is 1. The molecule has 8 nitrogen and oxygen atoms in total. The van der Waals surface area contributed by atoms with E-state index >= 15 is 0 Å². The van der Waals surface area contributed by atoms with E-state index in [4.69, 9.17) is 5.11 Å². The Labute approximate surface area is 136 Å². The van der Waals surface area contributed by atoms with Crippen molar-refractivity contribution in [2.24, 2.45) is 0 Å². The molecule has 126 valence electrons. The minimum absolute atomic E-state index is 0.0101. The maximum Gasteiger partial charge on any atom is 0.341 e. The van der Waals surface area contributed by atoms with E-state index in [9.17, 15) is 22.8 Å². The van der Waals surface area contributed by atoms with Gasteiger partial charge in [0.2, 0.25) is 15.5 Å². The van der Waals surface area contributed by atoms with Gasteiger partial charge in [-0.3, -0.25) is 9.59 Å². The monoisotopic (exact) mass is 350 g/mol. The Hall–Kier alpha value is -2.52. The lowest BCUT2D eigenvalue weighted by atomic mass is 10.1. The molecule has 1 saturated heterocycles. The van der Waals surface area contributed by atoms with Gasteiger partial charge in [0.1, 0.15) is 11.3 Å². The molecular weight excluding hydrogens is 336 g/mol. The SMILES string of the molecule is O=C1CCN(S(=O)(=O)c2ccc3[nH]cc(C(=O)O)c(=O)c3c2)CC1. The van der Waals surface area contributed by atoms with Crippen LogP contribution in [0.2, 0.25) is 0 Å². The number of sulfonamides is 1. The van der Waals surface area contributed by atoms with Gasteiger partial charge in [-0.1, -0.05) is 0 Å². The number of hydrogen-bond donors (Lipinski definition) is 2. The van der Waals surface area contributed by atoms with E-state index in [1.807, 2.05) is 0 Å². The van der Waals surface area contributed by atoms with Gasteiger partial charge in [0.15, 0.2) is 0 Å². The third-order valence-corrected chi connectivity index (χ3v) is 5.90. The molecule has 0 amide bonds. The summed E-state index contributed by atoms with van der Waals surface area (Å²) in [6.45, 7) is 0.204. The molecule has 1 aromatic carbocycles. The van der Waals surface area contributed by atoms with Crippen LogP contribution < -0.4 is 5.43 Å². The van der Waals surface area contributed by atoms with E-state index in [0.717, 1.165) is 6.20 Å². The molecule has 1 aromatic heterocycles. The predicted molar refractivity (Wildman–Crippen MR) is 84.5 cm³/mol. The number of aromatic amines is 1. The minimum atomic E-state index is -3.85. The molecule has 0 bridgehead atoms. The number of carbonyl (C=O) groups excluding carboxylic acids is 1. The molecule has 3 rings (SSSR count). The molecule has 2 N–H and O–H groups in total. The number of hydrogen-bond acceptors (Lipinski definition) is 5. The third kappa shape index (κ3) is 2.72. The molecule has 0 aliphatic carbocycles. The highest BCUT2D eigenvalue weighted by Gasteiger charge is 2.29. The second kappa shape index (κ2) is 5.84. The van der Waals surface area contributed by atoms with E-state index in [1.165, 1.54) is 22.5 Å². The fraction of sp³-hybridized carbons (Fsp3) is 0.267. The number of ketones is 1. The Kier molecular flexibility index (Phi) is 3.98. The number of benzene rings is 1. The van der Waals surface area contributed by atoms with Gasteiger partial charge in [-0.15, -0.1) is 0 Å². The van der Waals surface area contributed by atoms with Gasteiger partial charge >= 0.3 is 5.97 Å². The second-order valence-electron chi connectivity index (χ2n) is 5.49. The molecule has 2 heterocycles. The van der Waals surface area contributed by atoms with Crippen LogP contribution in [0.5, 0.6) is 0 Å². The summed E-state index contributed by atoms with van der Waals surface area (Å²) in [5.41, 5.74) is -0.861. The number of Topliss-reactive ketones (excluding diaryl/α,β-unsaturated/α-hetero) is 1. The van der Waals surface area contributed by atoms with E-state index in [1.54, 1.807) is 0 Å². The first kappa shape index (κ1) is 16.3. The van der Waals surface area contributed by atoms with Gasteiger partial charge in [0.05, 0.1) is 4.90 Å². The van der Waals surface area contributed by atoms with Crippen LogP contribution in [0.15, 0.2) is 34.1 Å². The molecule has 2 aromatic rings. The van der Waals surface area contributed by atoms with Gasteiger partial charge < -0.3 is 10.1 Å². The number of aromatic carboxylic acids is 1. The lowest BCUT2D eigenvalue weighted by Gasteiger charge is -2.25. The molecule has 1 aliphatic rings. The summed E-state index contributed by atoms with van der Waals surface area (Å²) in [7, 11) is -3.85. The van der Waals surface area contributed by atoms with Crippen LogP contribution in [0.1, 0.15) is 23.2 Å². The van der Waals surface area contributed by atoms with Gasteiger partial charge in [0.25, 0.3) is 0 Å². The molecule has 9 heteroatoms. The van der Waals surface area contributed by atoms with Crippen molar-refractivity contribution >= 4 is 32.7 Å². The van der Waals surface area contributed by atoms with Crippen molar-refractivity contribution in [3.63, 3.8) is 0 Å². The topological polar surface area (TPSA) is 125 Å². The minimum Gasteiger partial charge on any atom is -0.477 e. The molecule has 1 fully saturated rings. The normalized spacial score (nSPS) is 16.4. The summed E-state index contributed by atoms with van der Waals surface area (Å²) in [4.78, 5) is 37.1. The van der Waals surface area contributed by atoms with Crippen LogP contribution in [-0.4, -0.2) is 47.7 Å². The predicted octanol–water partition coefficient (Wildman–Crippen LogP) is 0.580. The molecule has 1 aliphatic heterocycles. The Bertz CT molecular complexity index is 998. The number of nitrogens with zero attached hydrogens (tertiary/aromatic N) is 1. The largest absolute Gasteiger partial charge is 0.477 e. The fourth-order valence-electron chi connectivity index (χ4n) is 2.64. The summed E-state index contributed by atoms with van der Waals surface area (Å²) < 4.78 is 26.5. The van der Waals surface area contributed by atoms with E-state index < -0.39 is 27.0 Å². The Morgan fingerprint density at radius 3 is 2.46 bits per heavy atom. The van der Waals surface area contributed by atoms with Crippen LogP contribution >= 0.6 is 0 Å². The molecule has 24 heavy (non-hydrogen) atoms. The number of carbonyl (C=O) groups is 2. The first-order valence-corrected chi connectivity index (χ1v) is 8.65. The average molecular weight is 350 g/mol. The van der Waals surface area contributed by atoms with Crippen LogP contribution in [0.4, 0.5) is 0 Å². The van der Waals surface area contributed by atoms with Gasteiger partial charge in [0, 0.05) is 43.0 Å². The number of pyridine rings is 1. The van der Waals surface area contributed by atoms with Crippen LogP contribution in [0.25, 0.3) is 10.9 Å². The van der Waals surface area contributed by atoms with Crippen LogP contribution in [0.3, 0.4) is 0 Å². The van der Waals surface area contributed by atoms with E-state index in [2.05, 4.69) is 4.98 Å². The number of rotatable bonds is 3. The fourth-order valence-corrected chi connectivity index (χ4v) is 4.11. The maximum absolute atomic E-state index is 12.7. The van der Waals surface area contributed by atoms with Crippen molar-refractivity contribution in [3.8, 4) is 0 Å². The van der Waals surface area contributed by atoms with Crippen molar-refractivity contribution < 1.29 is 23.1 Å². The van der Waals surface area contributed by atoms with Crippen LogP contribution in [-0.2, 0) is 14.8 Å². The molecule has 0 spiro atoms. The summed E-state index contributed by atoms with van der Waals surface area (Å²) in [5.74, 6) is -1.37. The van der Waals surface area contributed by atoms with Gasteiger partial charge in [-0.05, 0) is 18.2 Å².